The fraction of sp³-hybridized carbons (Fsp3) is 0. The van der Waals surface area contributed by atoms with Gasteiger partial charge < -0.3 is 11.1 Å². The zero-order chi connectivity index (χ0) is 12.3. The lowest BCUT2D eigenvalue weighted by Gasteiger charge is -2.09. The Kier molecular flexibility index (Phi) is 3.44. The van der Waals surface area contributed by atoms with Crippen molar-refractivity contribution in [2.75, 3.05) is 11.1 Å². The smallest absolute Gasteiger partial charge is 0.148 e. The minimum atomic E-state index is 0.435. The molecule has 0 saturated heterocycles. The molecule has 0 saturated carbocycles. The largest absolute Gasteiger partial charge is 0.397 e. The molecule has 0 unspecified atom stereocenters. The van der Waals surface area contributed by atoms with Gasteiger partial charge in [0, 0.05) is 3.57 Å². The number of nitrogen functional groups attached to an aromatic ring is 1. The van der Waals surface area contributed by atoms with E-state index in [0.29, 0.717) is 17.1 Å². The SMILES string of the molecule is N#Cc1cc(N)cnc1Nc1ccccc1I. The first-order chi connectivity index (χ1) is 8.20. The Hall–Kier alpha value is -1.81. The highest BCUT2D eigenvalue weighted by Crippen LogP contribution is 2.23. The molecule has 2 aromatic rings. The van der Waals surface area contributed by atoms with Gasteiger partial charge in [0.05, 0.1) is 23.1 Å². The molecule has 0 amide bonds. The van der Waals surface area contributed by atoms with E-state index in [1.165, 1.54) is 6.20 Å². The molecule has 1 heterocycles. The van der Waals surface area contributed by atoms with Crippen molar-refractivity contribution in [1.29, 1.82) is 5.26 Å². The van der Waals surface area contributed by atoms with E-state index in [9.17, 15) is 0 Å². The van der Waals surface area contributed by atoms with E-state index in [4.69, 9.17) is 11.0 Å². The van der Waals surface area contributed by atoms with Crippen LogP contribution in [0.2, 0.25) is 0 Å². The van der Waals surface area contributed by atoms with Crippen molar-refractivity contribution >= 4 is 39.8 Å². The van der Waals surface area contributed by atoms with Crippen molar-refractivity contribution in [1.82, 2.24) is 4.98 Å². The standard InChI is InChI=1S/C12H9IN4/c13-10-3-1-2-4-11(10)17-12-8(6-14)5-9(15)7-16-12/h1-5,7H,15H2,(H,16,17). The number of nitrogens with two attached hydrogens (primary N) is 1. The molecule has 0 fully saturated rings. The molecule has 1 aromatic carbocycles. The summed E-state index contributed by atoms with van der Waals surface area (Å²) in [6, 6.07) is 11.5. The molecule has 5 heteroatoms. The van der Waals surface area contributed by atoms with Gasteiger partial charge in [-0.15, -0.1) is 0 Å². The quantitative estimate of drug-likeness (QED) is 0.827. The predicted octanol–water partition coefficient (Wildman–Crippen LogP) is 2.88. The van der Waals surface area contributed by atoms with Crippen LogP contribution in [-0.4, -0.2) is 4.98 Å². The lowest BCUT2D eigenvalue weighted by molar-refractivity contribution is 1.28. The molecule has 0 aliphatic heterocycles. The second-order valence-electron chi connectivity index (χ2n) is 3.38. The lowest BCUT2D eigenvalue weighted by atomic mass is 10.2. The molecule has 0 atom stereocenters. The molecule has 0 aliphatic rings. The van der Waals surface area contributed by atoms with Crippen LogP contribution in [0, 0.1) is 14.9 Å². The number of aromatic nitrogens is 1. The molecule has 0 radical (unpaired) electrons. The number of hydrogen-bond acceptors (Lipinski definition) is 4. The van der Waals surface area contributed by atoms with Crippen LogP contribution >= 0.6 is 22.6 Å². The summed E-state index contributed by atoms with van der Waals surface area (Å²) in [5, 5.41) is 12.1. The number of halogens is 1. The maximum atomic E-state index is 9.00. The maximum absolute atomic E-state index is 9.00. The van der Waals surface area contributed by atoms with E-state index >= 15 is 0 Å². The van der Waals surface area contributed by atoms with Crippen LogP contribution in [0.3, 0.4) is 0 Å². The summed E-state index contributed by atoms with van der Waals surface area (Å²) in [4.78, 5) is 4.12. The van der Waals surface area contributed by atoms with E-state index in [2.05, 4.69) is 39.0 Å². The van der Waals surface area contributed by atoms with Crippen LogP contribution in [0.1, 0.15) is 5.56 Å². The minimum absolute atomic E-state index is 0.435. The second-order valence-corrected chi connectivity index (χ2v) is 4.54. The van der Waals surface area contributed by atoms with Crippen LogP contribution in [-0.2, 0) is 0 Å². The molecule has 2 rings (SSSR count). The van der Waals surface area contributed by atoms with Crippen LogP contribution in [0.25, 0.3) is 0 Å². The Morgan fingerprint density at radius 3 is 2.82 bits per heavy atom. The third-order valence-electron chi connectivity index (χ3n) is 2.16. The zero-order valence-corrected chi connectivity index (χ0v) is 11.0. The number of para-hydroxylation sites is 1. The average Bonchev–Trinajstić information content (AvgIpc) is 2.34. The Labute approximate surface area is 113 Å². The fourth-order valence-corrected chi connectivity index (χ4v) is 1.88. The highest BCUT2D eigenvalue weighted by molar-refractivity contribution is 14.1. The number of nitriles is 1. The first-order valence-corrected chi connectivity index (χ1v) is 5.96. The Morgan fingerprint density at radius 2 is 2.12 bits per heavy atom. The Bertz CT molecular complexity index is 589. The summed E-state index contributed by atoms with van der Waals surface area (Å²) in [6.45, 7) is 0. The molecule has 84 valence electrons. The molecule has 17 heavy (non-hydrogen) atoms. The molecular weight excluding hydrogens is 327 g/mol. The predicted molar refractivity (Wildman–Crippen MR) is 75.8 cm³/mol. The van der Waals surface area contributed by atoms with Crippen molar-refractivity contribution in [2.45, 2.75) is 0 Å². The molecule has 0 spiro atoms. The molecule has 0 bridgehead atoms. The maximum Gasteiger partial charge on any atom is 0.148 e. The van der Waals surface area contributed by atoms with Gasteiger partial charge in [-0.1, -0.05) is 12.1 Å². The number of rotatable bonds is 2. The fourth-order valence-electron chi connectivity index (χ4n) is 1.36. The number of nitrogens with one attached hydrogen (secondary N) is 1. The van der Waals surface area contributed by atoms with Crippen molar-refractivity contribution in [3.63, 3.8) is 0 Å². The van der Waals surface area contributed by atoms with E-state index in [0.717, 1.165) is 9.26 Å². The number of hydrogen-bond donors (Lipinski definition) is 2. The van der Waals surface area contributed by atoms with Crippen molar-refractivity contribution in [3.05, 3.63) is 45.7 Å². The normalized spacial score (nSPS) is 9.65. The van der Waals surface area contributed by atoms with Gasteiger partial charge in [0.2, 0.25) is 0 Å². The van der Waals surface area contributed by atoms with Crippen molar-refractivity contribution in [2.24, 2.45) is 0 Å². The summed E-state index contributed by atoms with van der Waals surface area (Å²) in [5.74, 6) is 0.519. The summed E-state index contributed by atoms with van der Waals surface area (Å²) in [5.41, 5.74) is 7.42. The highest BCUT2D eigenvalue weighted by atomic mass is 127. The summed E-state index contributed by atoms with van der Waals surface area (Å²) >= 11 is 2.22. The first kappa shape index (κ1) is 11.7. The van der Waals surface area contributed by atoms with Gasteiger partial charge in [0.1, 0.15) is 11.9 Å². The number of benzene rings is 1. The first-order valence-electron chi connectivity index (χ1n) is 4.88. The van der Waals surface area contributed by atoms with Crippen LogP contribution in [0.5, 0.6) is 0 Å². The second kappa shape index (κ2) is 5.01. The summed E-state index contributed by atoms with van der Waals surface area (Å²) in [7, 11) is 0. The molecule has 3 N–H and O–H groups in total. The third-order valence-corrected chi connectivity index (χ3v) is 3.10. The van der Waals surface area contributed by atoms with Crippen LogP contribution in [0.15, 0.2) is 36.5 Å². The number of anilines is 3. The van der Waals surface area contributed by atoms with Crippen molar-refractivity contribution < 1.29 is 0 Å². The van der Waals surface area contributed by atoms with Gasteiger partial charge >= 0.3 is 0 Å². The monoisotopic (exact) mass is 336 g/mol. The molecule has 0 aliphatic carbocycles. The minimum Gasteiger partial charge on any atom is -0.397 e. The van der Waals surface area contributed by atoms with Gasteiger partial charge in [0.25, 0.3) is 0 Å². The Balaban J connectivity index is 2.37. The molecule has 4 nitrogen and oxygen atoms in total. The number of nitrogens with zero attached hydrogens (tertiary/aromatic N) is 2. The lowest BCUT2D eigenvalue weighted by Crippen LogP contribution is -1.99. The van der Waals surface area contributed by atoms with Crippen LogP contribution in [0.4, 0.5) is 17.2 Å². The highest BCUT2D eigenvalue weighted by Gasteiger charge is 2.06. The van der Waals surface area contributed by atoms with Gasteiger partial charge in [-0.25, -0.2) is 4.98 Å². The van der Waals surface area contributed by atoms with Crippen molar-refractivity contribution in [3.8, 4) is 6.07 Å². The van der Waals surface area contributed by atoms with E-state index in [1.807, 2.05) is 24.3 Å². The Morgan fingerprint density at radius 1 is 1.35 bits per heavy atom. The van der Waals surface area contributed by atoms with Gasteiger partial charge in [-0.05, 0) is 40.8 Å². The number of pyridine rings is 1. The van der Waals surface area contributed by atoms with E-state index < -0.39 is 0 Å². The van der Waals surface area contributed by atoms with E-state index in [1.54, 1.807) is 6.07 Å². The van der Waals surface area contributed by atoms with Crippen LogP contribution < -0.4 is 11.1 Å². The molecule has 1 aromatic heterocycles. The molecular formula is C12H9IN4. The summed E-state index contributed by atoms with van der Waals surface area (Å²) in [6.07, 6.45) is 1.53. The van der Waals surface area contributed by atoms with Gasteiger partial charge in [-0.2, -0.15) is 5.26 Å². The van der Waals surface area contributed by atoms with Gasteiger partial charge in [-0.3, -0.25) is 0 Å². The summed E-state index contributed by atoms with van der Waals surface area (Å²) < 4.78 is 1.06. The topological polar surface area (TPSA) is 74.7 Å². The average molecular weight is 336 g/mol. The third kappa shape index (κ3) is 2.65. The zero-order valence-electron chi connectivity index (χ0n) is 8.81. The van der Waals surface area contributed by atoms with E-state index in [-0.39, 0.29) is 0 Å². The van der Waals surface area contributed by atoms with Gasteiger partial charge in [0.15, 0.2) is 0 Å².